The van der Waals surface area contributed by atoms with E-state index in [0.717, 1.165) is 22.4 Å². The van der Waals surface area contributed by atoms with E-state index in [1.807, 2.05) is 18.2 Å². The molecule has 3 rings (SSSR count). The molecule has 7 heteroatoms. The first-order valence-corrected chi connectivity index (χ1v) is 7.63. The van der Waals surface area contributed by atoms with E-state index in [1.54, 1.807) is 43.0 Å². The molecule has 0 unspecified atom stereocenters. The summed E-state index contributed by atoms with van der Waals surface area (Å²) < 4.78 is 2.73. The van der Waals surface area contributed by atoms with Crippen molar-refractivity contribution in [3.8, 4) is 11.1 Å². The van der Waals surface area contributed by atoms with Crippen molar-refractivity contribution in [2.75, 3.05) is 10.0 Å². The van der Waals surface area contributed by atoms with E-state index in [9.17, 15) is 4.79 Å². The number of nitrogens with zero attached hydrogens (tertiary/aromatic N) is 2. The molecule has 6 nitrogen and oxygen atoms in total. The molecule has 0 saturated carbocycles. The van der Waals surface area contributed by atoms with Crippen LogP contribution in [-0.4, -0.2) is 21.1 Å². The molecule has 1 aromatic carbocycles. The summed E-state index contributed by atoms with van der Waals surface area (Å²) in [4.78, 5) is 16.2. The Balaban J connectivity index is 1.75. The van der Waals surface area contributed by atoms with Crippen LogP contribution in [0.1, 0.15) is 5.56 Å². The lowest BCUT2D eigenvalue weighted by Gasteiger charge is -2.05. The zero-order valence-corrected chi connectivity index (χ0v) is 13.5. The summed E-state index contributed by atoms with van der Waals surface area (Å²) in [5, 5.41) is 9.53. The number of pyridine rings is 1. The first-order chi connectivity index (χ1) is 11.8. The lowest BCUT2D eigenvalue weighted by molar-refractivity contribution is -0.111. The number of hydrogen-bond donors (Lipinski definition) is 4. The zero-order chi connectivity index (χ0) is 16.8. The average Bonchev–Trinajstić information content (AvgIpc) is 3.15. The van der Waals surface area contributed by atoms with Gasteiger partial charge in [-0.1, -0.05) is 18.9 Å². The number of hydrogen-bond acceptors (Lipinski definition) is 5. The van der Waals surface area contributed by atoms with Crippen LogP contribution >= 0.6 is 12.8 Å². The van der Waals surface area contributed by atoms with Gasteiger partial charge in [-0.15, -0.1) is 0 Å². The third-order valence-electron chi connectivity index (χ3n) is 3.33. The minimum Gasteiger partial charge on any atom is -0.332 e. The first-order valence-electron chi connectivity index (χ1n) is 7.18. The smallest absolute Gasteiger partial charge is 0.248 e. The second-order valence-electron chi connectivity index (χ2n) is 4.97. The van der Waals surface area contributed by atoms with Crippen LogP contribution in [0.5, 0.6) is 0 Å². The zero-order valence-electron chi connectivity index (χ0n) is 12.6. The number of rotatable bonds is 5. The minimum absolute atomic E-state index is 0.228. The van der Waals surface area contributed by atoms with Gasteiger partial charge < -0.3 is 10.0 Å². The van der Waals surface area contributed by atoms with Crippen molar-refractivity contribution in [1.29, 1.82) is 0 Å². The molecule has 0 radical (unpaired) electrons. The van der Waals surface area contributed by atoms with Crippen LogP contribution in [0.15, 0.2) is 61.2 Å². The second kappa shape index (κ2) is 7.47. The molecular formula is C17H15N5OS. The van der Waals surface area contributed by atoms with E-state index >= 15 is 0 Å². The number of H-pyrrole nitrogens is 1. The molecule has 0 saturated heterocycles. The van der Waals surface area contributed by atoms with Gasteiger partial charge in [0.25, 0.3) is 0 Å². The highest BCUT2D eigenvalue weighted by molar-refractivity contribution is 7.81. The first kappa shape index (κ1) is 15.8. The molecular weight excluding hydrogens is 322 g/mol. The Hall–Kier alpha value is -3.06. The second-order valence-corrected chi connectivity index (χ2v) is 5.19. The maximum atomic E-state index is 12.1. The molecule has 3 N–H and O–H groups in total. The average molecular weight is 337 g/mol. The molecule has 3 aromatic rings. The monoisotopic (exact) mass is 337 g/mol. The van der Waals surface area contributed by atoms with E-state index in [-0.39, 0.29) is 5.91 Å². The number of nitrogens with one attached hydrogen (secondary N) is 3. The molecule has 1 amide bonds. The van der Waals surface area contributed by atoms with Crippen LogP contribution < -0.4 is 10.0 Å². The highest BCUT2D eigenvalue weighted by Crippen LogP contribution is 2.22. The number of thiol groups is 1. The number of carbonyl (C=O) groups is 1. The number of aromatic nitrogens is 3. The molecule has 2 heterocycles. The summed E-state index contributed by atoms with van der Waals surface area (Å²) in [6.45, 7) is 0. The van der Waals surface area contributed by atoms with Gasteiger partial charge in [-0.25, -0.2) is 0 Å². The van der Waals surface area contributed by atoms with Crippen LogP contribution in [0.3, 0.4) is 0 Å². The Bertz CT molecular complexity index is 861. The molecule has 0 spiro atoms. The summed E-state index contributed by atoms with van der Waals surface area (Å²) in [5.41, 5.74) is 4.20. The van der Waals surface area contributed by atoms with Crippen molar-refractivity contribution in [3.63, 3.8) is 0 Å². The number of aromatic amines is 1. The molecule has 120 valence electrons. The van der Waals surface area contributed by atoms with Crippen LogP contribution in [0.2, 0.25) is 0 Å². The van der Waals surface area contributed by atoms with Crippen molar-refractivity contribution >= 4 is 36.2 Å². The van der Waals surface area contributed by atoms with Gasteiger partial charge in [0.15, 0.2) is 0 Å². The van der Waals surface area contributed by atoms with E-state index in [4.69, 9.17) is 0 Å². The van der Waals surface area contributed by atoms with Gasteiger partial charge in [0.2, 0.25) is 5.91 Å². The Morgan fingerprint density at radius 2 is 2.08 bits per heavy atom. The fraction of sp³-hybridized carbons (Fsp3) is 0. The van der Waals surface area contributed by atoms with Crippen LogP contribution in [0.25, 0.3) is 17.2 Å². The largest absolute Gasteiger partial charge is 0.332 e. The lowest BCUT2D eigenvalue weighted by Crippen LogP contribution is -2.07. The molecule has 2 aromatic heterocycles. The topological polar surface area (TPSA) is 82.7 Å². The van der Waals surface area contributed by atoms with Gasteiger partial charge >= 0.3 is 0 Å². The van der Waals surface area contributed by atoms with Crippen molar-refractivity contribution < 1.29 is 4.79 Å². The summed E-state index contributed by atoms with van der Waals surface area (Å²) in [7, 11) is 0. The molecule has 0 aliphatic rings. The van der Waals surface area contributed by atoms with E-state index in [2.05, 4.69) is 38.0 Å². The normalized spacial score (nSPS) is 10.7. The standard InChI is InChI=1S/C17H15N5OS/c23-17(21-14-2-1-3-15(8-14)22-24)5-4-12-9-18-7-6-16(12)13-10-19-20-11-13/h1-11,22,24H,(H,19,20)(H,21,23)/b5-4+. The fourth-order valence-electron chi connectivity index (χ4n) is 2.22. The van der Waals surface area contributed by atoms with E-state index < -0.39 is 0 Å². The number of amides is 1. The van der Waals surface area contributed by atoms with E-state index in [0.29, 0.717) is 5.69 Å². The molecule has 0 fully saturated rings. The fourth-order valence-corrected chi connectivity index (χ4v) is 2.36. The summed E-state index contributed by atoms with van der Waals surface area (Å²) in [5.74, 6) is -0.228. The van der Waals surface area contributed by atoms with Crippen molar-refractivity contribution in [1.82, 2.24) is 15.2 Å². The van der Waals surface area contributed by atoms with Crippen molar-refractivity contribution in [2.24, 2.45) is 0 Å². The van der Waals surface area contributed by atoms with E-state index in [1.165, 1.54) is 6.08 Å². The SMILES string of the molecule is O=C(/C=C/c1cnccc1-c1cn[nH]c1)Nc1cccc(NS)c1. The number of carbonyl (C=O) groups excluding carboxylic acids is 1. The summed E-state index contributed by atoms with van der Waals surface area (Å²) in [6.07, 6.45) is 10.1. The Morgan fingerprint density at radius 1 is 1.21 bits per heavy atom. The minimum atomic E-state index is -0.228. The highest BCUT2D eigenvalue weighted by atomic mass is 32.1. The highest BCUT2D eigenvalue weighted by Gasteiger charge is 2.05. The van der Waals surface area contributed by atoms with Crippen molar-refractivity contribution in [2.45, 2.75) is 0 Å². The van der Waals surface area contributed by atoms with Gasteiger partial charge in [0.1, 0.15) is 0 Å². The van der Waals surface area contributed by atoms with Gasteiger partial charge in [0, 0.05) is 47.2 Å². The van der Waals surface area contributed by atoms with Crippen LogP contribution in [-0.2, 0) is 4.79 Å². The molecule has 0 bridgehead atoms. The maximum Gasteiger partial charge on any atom is 0.248 e. The predicted octanol–water partition coefficient (Wildman–Crippen LogP) is 3.38. The Kier molecular flexibility index (Phi) is 4.93. The van der Waals surface area contributed by atoms with Crippen molar-refractivity contribution in [3.05, 3.63) is 66.8 Å². The molecule has 0 aliphatic carbocycles. The molecule has 24 heavy (non-hydrogen) atoms. The lowest BCUT2D eigenvalue weighted by atomic mass is 10.0. The Labute approximate surface area is 144 Å². The summed E-state index contributed by atoms with van der Waals surface area (Å²) in [6, 6.07) is 9.16. The van der Waals surface area contributed by atoms with Gasteiger partial charge in [-0.05, 0) is 35.9 Å². The maximum absolute atomic E-state index is 12.1. The van der Waals surface area contributed by atoms with Gasteiger partial charge in [-0.2, -0.15) is 5.10 Å². The predicted molar refractivity (Wildman–Crippen MR) is 98.5 cm³/mol. The molecule has 0 atom stereocenters. The molecule has 0 aliphatic heterocycles. The third kappa shape index (κ3) is 3.82. The van der Waals surface area contributed by atoms with Gasteiger partial charge in [0.05, 0.1) is 6.20 Å². The van der Waals surface area contributed by atoms with Gasteiger partial charge in [-0.3, -0.25) is 14.9 Å². The van der Waals surface area contributed by atoms with Crippen LogP contribution in [0.4, 0.5) is 11.4 Å². The Morgan fingerprint density at radius 3 is 2.88 bits per heavy atom. The number of anilines is 2. The third-order valence-corrected chi connectivity index (χ3v) is 3.59. The number of benzene rings is 1. The quantitative estimate of drug-likeness (QED) is 0.425. The summed E-state index contributed by atoms with van der Waals surface area (Å²) >= 11 is 3.99. The van der Waals surface area contributed by atoms with Crippen LogP contribution in [0, 0.1) is 0 Å².